The Kier molecular flexibility index (Phi) is 5.90. The lowest BCUT2D eigenvalue weighted by Gasteiger charge is -2.36. The van der Waals surface area contributed by atoms with Crippen LogP contribution in [0.2, 0.25) is 0 Å². The van der Waals surface area contributed by atoms with Crippen LogP contribution in [0.15, 0.2) is 42.6 Å². The number of rotatable bonds is 5. The van der Waals surface area contributed by atoms with E-state index in [2.05, 4.69) is 22.0 Å². The van der Waals surface area contributed by atoms with Gasteiger partial charge in [-0.3, -0.25) is 4.79 Å². The lowest BCUT2D eigenvalue weighted by molar-refractivity contribution is 0.0746. The number of ether oxygens (including phenoxy) is 2. The molecule has 0 spiro atoms. The minimum absolute atomic E-state index is 0.0323. The van der Waals surface area contributed by atoms with E-state index in [4.69, 9.17) is 9.47 Å². The molecule has 2 aliphatic heterocycles. The molecule has 0 bridgehead atoms. The molecule has 2 fully saturated rings. The molecular formula is C21H25N3O3S. The third-order valence-electron chi connectivity index (χ3n) is 5.16. The minimum Gasteiger partial charge on any atom is -0.497 e. The number of nitrogens with zero attached hydrogens (tertiary/aromatic N) is 3. The maximum Gasteiger partial charge on any atom is 0.255 e. The highest BCUT2D eigenvalue weighted by atomic mass is 32.2. The second-order valence-electron chi connectivity index (χ2n) is 6.97. The smallest absolute Gasteiger partial charge is 0.255 e. The second-order valence-corrected chi connectivity index (χ2v) is 8.12. The van der Waals surface area contributed by atoms with Crippen molar-refractivity contribution in [3.63, 3.8) is 0 Å². The van der Waals surface area contributed by atoms with Gasteiger partial charge in [-0.15, -0.1) is 0 Å². The number of pyridine rings is 1. The van der Waals surface area contributed by atoms with Gasteiger partial charge in [-0.2, -0.15) is 11.8 Å². The molecule has 148 valence electrons. The fourth-order valence-electron chi connectivity index (χ4n) is 3.50. The molecule has 0 saturated carbocycles. The van der Waals surface area contributed by atoms with Gasteiger partial charge in [-0.25, -0.2) is 4.98 Å². The molecule has 1 atom stereocenters. The van der Waals surface area contributed by atoms with E-state index in [-0.39, 0.29) is 12.0 Å². The quantitative estimate of drug-likeness (QED) is 0.771. The molecule has 28 heavy (non-hydrogen) atoms. The molecule has 0 N–H and O–H groups in total. The summed E-state index contributed by atoms with van der Waals surface area (Å²) < 4.78 is 11.1. The number of aromatic nitrogens is 1. The molecule has 1 unspecified atom stereocenters. The average molecular weight is 400 g/mol. The van der Waals surface area contributed by atoms with Crippen molar-refractivity contribution in [2.75, 3.05) is 49.7 Å². The number of anilines is 1. The Hall–Kier alpha value is -2.41. The first kappa shape index (κ1) is 18.9. The molecule has 1 aromatic heterocycles. The molecule has 7 heteroatoms. The van der Waals surface area contributed by atoms with E-state index in [0.717, 1.165) is 42.5 Å². The van der Waals surface area contributed by atoms with Crippen molar-refractivity contribution < 1.29 is 14.3 Å². The van der Waals surface area contributed by atoms with Gasteiger partial charge in [0.05, 0.1) is 12.7 Å². The van der Waals surface area contributed by atoms with Gasteiger partial charge < -0.3 is 19.3 Å². The second kappa shape index (κ2) is 8.73. The van der Waals surface area contributed by atoms with E-state index in [1.54, 1.807) is 13.3 Å². The van der Waals surface area contributed by atoms with Crippen LogP contribution in [0.5, 0.6) is 11.6 Å². The number of methoxy groups -OCH3 is 1. The molecule has 4 rings (SSSR count). The SMILES string of the molecule is COc1ccc(N2CCN(C(=O)c3ccc(OC4CCSC4)nc3)CC2)cc1. The van der Waals surface area contributed by atoms with E-state index in [1.165, 1.54) is 0 Å². The molecule has 3 heterocycles. The maximum absolute atomic E-state index is 12.8. The summed E-state index contributed by atoms with van der Waals surface area (Å²) in [5, 5.41) is 0. The number of carbonyl (C=O) groups is 1. The van der Waals surface area contributed by atoms with Crippen molar-refractivity contribution in [2.45, 2.75) is 12.5 Å². The highest BCUT2D eigenvalue weighted by molar-refractivity contribution is 7.99. The van der Waals surface area contributed by atoms with Crippen LogP contribution in [0.4, 0.5) is 5.69 Å². The standard InChI is InChI=1S/C21H25N3O3S/c1-26-18-5-3-17(4-6-18)23-9-11-24(12-10-23)21(25)16-2-7-20(22-14-16)27-19-8-13-28-15-19/h2-7,14,19H,8-13,15H2,1H3. The largest absolute Gasteiger partial charge is 0.497 e. The average Bonchev–Trinajstić information content (AvgIpc) is 3.27. The van der Waals surface area contributed by atoms with Gasteiger partial charge in [0, 0.05) is 49.9 Å². The first-order valence-corrected chi connectivity index (χ1v) is 10.8. The predicted octanol–water partition coefficient (Wildman–Crippen LogP) is 2.94. The molecule has 1 amide bonds. The van der Waals surface area contributed by atoms with Crippen molar-refractivity contribution in [2.24, 2.45) is 0 Å². The van der Waals surface area contributed by atoms with Gasteiger partial charge in [-0.1, -0.05) is 0 Å². The van der Waals surface area contributed by atoms with Crippen molar-refractivity contribution in [3.8, 4) is 11.6 Å². The number of hydrogen-bond donors (Lipinski definition) is 0. The molecule has 6 nitrogen and oxygen atoms in total. The summed E-state index contributed by atoms with van der Waals surface area (Å²) >= 11 is 1.90. The Morgan fingerprint density at radius 1 is 1.11 bits per heavy atom. The number of benzene rings is 1. The Bertz CT molecular complexity index is 784. The molecule has 0 radical (unpaired) electrons. The zero-order valence-electron chi connectivity index (χ0n) is 16.0. The first-order valence-electron chi connectivity index (χ1n) is 9.61. The number of thioether (sulfide) groups is 1. The molecule has 2 saturated heterocycles. The van der Waals surface area contributed by atoms with Crippen LogP contribution in [0, 0.1) is 0 Å². The highest BCUT2D eigenvalue weighted by Gasteiger charge is 2.23. The lowest BCUT2D eigenvalue weighted by atomic mass is 10.2. The van der Waals surface area contributed by atoms with E-state index >= 15 is 0 Å². The Morgan fingerprint density at radius 2 is 1.89 bits per heavy atom. The summed E-state index contributed by atoms with van der Waals surface area (Å²) in [5.74, 6) is 3.65. The number of piperazine rings is 1. The molecule has 1 aromatic carbocycles. The van der Waals surface area contributed by atoms with Crippen LogP contribution >= 0.6 is 11.8 Å². The number of hydrogen-bond acceptors (Lipinski definition) is 6. The van der Waals surface area contributed by atoms with Gasteiger partial charge in [0.2, 0.25) is 5.88 Å². The number of amides is 1. The number of carbonyl (C=O) groups excluding carboxylic acids is 1. The summed E-state index contributed by atoms with van der Waals surface area (Å²) in [4.78, 5) is 21.3. The Balaban J connectivity index is 1.31. The summed E-state index contributed by atoms with van der Waals surface area (Å²) in [6.07, 6.45) is 2.94. The van der Waals surface area contributed by atoms with Crippen molar-refractivity contribution in [3.05, 3.63) is 48.2 Å². The maximum atomic E-state index is 12.8. The molecular weight excluding hydrogens is 374 g/mol. The van der Waals surface area contributed by atoms with Crippen molar-refractivity contribution >= 4 is 23.4 Å². The molecule has 0 aliphatic carbocycles. The molecule has 2 aromatic rings. The Labute approximate surface area is 169 Å². The minimum atomic E-state index is 0.0323. The zero-order chi connectivity index (χ0) is 19.3. The van der Waals surface area contributed by atoms with E-state index in [9.17, 15) is 4.79 Å². The Morgan fingerprint density at radius 3 is 2.50 bits per heavy atom. The van der Waals surface area contributed by atoms with Gasteiger partial charge in [0.15, 0.2) is 0 Å². The van der Waals surface area contributed by atoms with Crippen LogP contribution < -0.4 is 14.4 Å². The fourth-order valence-corrected chi connectivity index (χ4v) is 4.59. The third kappa shape index (κ3) is 4.35. The normalized spacial score (nSPS) is 19.5. The highest BCUT2D eigenvalue weighted by Crippen LogP contribution is 2.23. The van der Waals surface area contributed by atoms with Crippen LogP contribution in [0.25, 0.3) is 0 Å². The van der Waals surface area contributed by atoms with Crippen LogP contribution in [-0.2, 0) is 0 Å². The zero-order valence-corrected chi connectivity index (χ0v) is 16.9. The van der Waals surface area contributed by atoms with Gasteiger partial charge >= 0.3 is 0 Å². The summed E-state index contributed by atoms with van der Waals surface area (Å²) in [7, 11) is 1.67. The monoisotopic (exact) mass is 399 g/mol. The summed E-state index contributed by atoms with van der Waals surface area (Å²) in [6, 6.07) is 11.7. The van der Waals surface area contributed by atoms with Crippen LogP contribution in [0.1, 0.15) is 16.8 Å². The lowest BCUT2D eigenvalue weighted by Crippen LogP contribution is -2.48. The van der Waals surface area contributed by atoms with Gasteiger partial charge in [0.25, 0.3) is 5.91 Å². The van der Waals surface area contributed by atoms with Gasteiger partial charge in [0.1, 0.15) is 11.9 Å². The van der Waals surface area contributed by atoms with Crippen molar-refractivity contribution in [1.29, 1.82) is 0 Å². The van der Waals surface area contributed by atoms with Crippen molar-refractivity contribution in [1.82, 2.24) is 9.88 Å². The van der Waals surface area contributed by atoms with Crippen LogP contribution in [0.3, 0.4) is 0 Å². The van der Waals surface area contributed by atoms with Gasteiger partial charge in [-0.05, 0) is 42.5 Å². The topological polar surface area (TPSA) is 54.9 Å². The summed E-state index contributed by atoms with van der Waals surface area (Å²) in [6.45, 7) is 3.02. The van der Waals surface area contributed by atoms with E-state index in [0.29, 0.717) is 24.5 Å². The summed E-state index contributed by atoms with van der Waals surface area (Å²) in [5.41, 5.74) is 1.77. The van der Waals surface area contributed by atoms with E-state index < -0.39 is 0 Å². The first-order chi connectivity index (χ1) is 13.7. The van der Waals surface area contributed by atoms with E-state index in [1.807, 2.05) is 40.9 Å². The predicted molar refractivity (Wildman–Crippen MR) is 112 cm³/mol. The van der Waals surface area contributed by atoms with Crippen LogP contribution in [-0.4, -0.2) is 66.7 Å². The fraction of sp³-hybridized carbons (Fsp3) is 0.429. The molecule has 2 aliphatic rings. The third-order valence-corrected chi connectivity index (χ3v) is 6.29.